The number of halogens is 1. The lowest BCUT2D eigenvalue weighted by Gasteiger charge is -2.18. The van der Waals surface area contributed by atoms with E-state index in [1.165, 1.54) is 4.68 Å². The van der Waals surface area contributed by atoms with E-state index in [-0.39, 0.29) is 11.7 Å². The number of rotatable bonds is 8. The van der Waals surface area contributed by atoms with E-state index in [2.05, 4.69) is 27.6 Å². The summed E-state index contributed by atoms with van der Waals surface area (Å²) in [4.78, 5) is 18.3. The smallest absolute Gasteiger partial charge is 0.282 e. The van der Waals surface area contributed by atoms with Gasteiger partial charge in [-0.2, -0.15) is 9.78 Å². The van der Waals surface area contributed by atoms with E-state index < -0.39 is 0 Å². The Labute approximate surface area is 228 Å². The Morgan fingerprint density at radius 2 is 1.97 bits per heavy atom. The Morgan fingerprint density at radius 1 is 1.16 bits per heavy atom. The Hall–Kier alpha value is -4.17. The quantitative estimate of drug-likeness (QED) is 0.148. The zero-order valence-electron chi connectivity index (χ0n) is 21.3. The van der Waals surface area contributed by atoms with Gasteiger partial charge in [-0.3, -0.25) is 4.79 Å². The van der Waals surface area contributed by atoms with Crippen LogP contribution in [0.2, 0.25) is 0 Å². The maximum atomic E-state index is 13.6. The maximum absolute atomic E-state index is 13.6. The first kappa shape index (κ1) is 25.5. The number of para-hydroxylation sites is 1. The number of allylic oxidation sites excluding steroid dienone is 1. The lowest BCUT2D eigenvalue weighted by molar-refractivity contribution is 0.228. The molecule has 5 rings (SSSR count). The fourth-order valence-corrected chi connectivity index (χ4v) is 4.60. The number of hydrogen-bond donors (Lipinski definition) is 0. The van der Waals surface area contributed by atoms with Crippen molar-refractivity contribution in [3.05, 3.63) is 99.3 Å². The van der Waals surface area contributed by atoms with Crippen molar-refractivity contribution in [1.82, 2.24) is 9.66 Å². The molecule has 5 aromatic rings. The van der Waals surface area contributed by atoms with Crippen molar-refractivity contribution in [3.63, 3.8) is 0 Å². The molecule has 2 aromatic heterocycles. The second-order valence-corrected chi connectivity index (χ2v) is 9.89. The minimum Gasteiger partial charge on any atom is -0.493 e. The van der Waals surface area contributed by atoms with Gasteiger partial charge in [-0.25, -0.2) is 4.98 Å². The summed E-state index contributed by atoms with van der Waals surface area (Å²) < 4.78 is 19.9. The van der Waals surface area contributed by atoms with Crippen LogP contribution in [-0.2, 0) is 6.42 Å². The number of nitrogens with zero attached hydrogens (tertiary/aromatic N) is 3. The van der Waals surface area contributed by atoms with Gasteiger partial charge in [-0.1, -0.05) is 34.1 Å². The second kappa shape index (κ2) is 10.7. The highest BCUT2D eigenvalue weighted by molar-refractivity contribution is 9.10. The summed E-state index contributed by atoms with van der Waals surface area (Å²) in [5.41, 5.74) is 2.57. The largest absolute Gasteiger partial charge is 0.493 e. The van der Waals surface area contributed by atoms with Gasteiger partial charge in [-0.05, 0) is 74.4 Å². The van der Waals surface area contributed by atoms with Crippen LogP contribution in [0.25, 0.3) is 33.5 Å². The fourth-order valence-electron chi connectivity index (χ4n) is 4.23. The summed E-state index contributed by atoms with van der Waals surface area (Å²) in [6, 6.07) is 18.5. The van der Waals surface area contributed by atoms with Gasteiger partial charge in [-0.15, -0.1) is 6.58 Å². The second-order valence-electron chi connectivity index (χ2n) is 8.98. The average molecular weight is 572 g/mol. The van der Waals surface area contributed by atoms with E-state index in [9.17, 15) is 4.79 Å². The van der Waals surface area contributed by atoms with Crippen molar-refractivity contribution in [2.45, 2.75) is 26.4 Å². The molecule has 0 saturated carbocycles. The molecule has 0 fully saturated rings. The molecule has 0 bridgehead atoms. The Morgan fingerprint density at radius 3 is 2.74 bits per heavy atom. The van der Waals surface area contributed by atoms with Crippen LogP contribution in [0.3, 0.4) is 0 Å². The summed E-state index contributed by atoms with van der Waals surface area (Å²) in [6.07, 6.45) is 3.96. The van der Waals surface area contributed by atoms with Crippen molar-refractivity contribution in [1.29, 1.82) is 0 Å². The lowest BCUT2D eigenvalue weighted by Crippen LogP contribution is -2.20. The van der Waals surface area contributed by atoms with Crippen LogP contribution in [0.5, 0.6) is 11.5 Å². The molecule has 0 radical (unpaired) electrons. The molecule has 0 amide bonds. The van der Waals surface area contributed by atoms with Crippen molar-refractivity contribution < 1.29 is 13.9 Å². The molecular weight excluding hydrogens is 546 g/mol. The molecular formula is C30H26BrN3O4. The molecule has 192 valence electrons. The normalized spacial score (nSPS) is 11.6. The number of fused-ring (bicyclic) bond motifs is 2. The van der Waals surface area contributed by atoms with Crippen LogP contribution in [0.15, 0.2) is 92.1 Å². The van der Waals surface area contributed by atoms with Gasteiger partial charge in [0.15, 0.2) is 17.3 Å². The van der Waals surface area contributed by atoms with Gasteiger partial charge >= 0.3 is 0 Å². The van der Waals surface area contributed by atoms with Crippen molar-refractivity contribution >= 4 is 44.0 Å². The summed E-state index contributed by atoms with van der Waals surface area (Å²) in [7, 11) is 1.59. The summed E-state index contributed by atoms with van der Waals surface area (Å²) in [5.74, 6) is 1.98. The fraction of sp³-hybridized carbons (Fsp3) is 0.167. The van der Waals surface area contributed by atoms with E-state index >= 15 is 0 Å². The molecule has 0 N–H and O–H groups in total. The van der Waals surface area contributed by atoms with Gasteiger partial charge < -0.3 is 13.9 Å². The first-order valence-corrected chi connectivity index (χ1v) is 12.9. The lowest BCUT2D eigenvalue weighted by atomic mass is 10.1. The van der Waals surface area contributed by atoms with Crippen molar-refractivity contribution in [3.8, 4) is 23.1 Å². The first-order valence-electron chi connectivity index (χ1n) is 12.1. The molecule has 0 aliphatic carbocycles. The molecule has 0 aliphatic heterocycles. The first-order chi connectivity index (χ1) is 18.4. The molecule has 0 saturated heterocycles. The van der Waals surface area contributed by atoms with E-state index in [0.29, 0.717) is 46.0 Å². The molecule has 7 nitrogen and oxygen atoms in total. The number of benzene rings is 3. The van der Waals surface area contributed by atoms with E-state index in [4.69, 9.17) is 18.9 Å². The molecule has 0 aliphatic rings. The van der Waals surface area contributed by atoms with Crippen LogP contribution < -0.4 is 15.0 Å². The third-order valence-electron chi connectivity index (χ3n) is 5.87. The number of ether oxygens (including phenoxy) is 2. The van der Waals surface area contributed by atoms with Crippen LogP contribution in [-0.4, -0.2) is 29.1 Å². The molecule has 0 atom stereocenters. The van der Waals surface area contributed by atoms with E-state index in [1.54, 1.807) is 37.6 Å². The van der Waals surface area contributed by atoms with E-state index in [0.717, 1.165) is 21.0 Å². The molecule has 8 heteroatoms. The molecule has 2 heterocycles. The third-order valence-corrected chi connectivity index (χ3v) is 6.36. The summed E-state index contributed by atoms with van der Waals surface area (Å²) in [6.45, 7) is 7.79. The predicted molar refractivity (Wildman–Crippen MR) is 155 cm³/mol. The monoisotopic (exact) mass is 571 g/mol. The molecule has 3 aromatic carbocycles. The standard InChI is InChI=1S/C30H26BrN3O4/c1-5-8-20-13-19(14-26(36-4)28(20)37-18(2)3)17-32-34-29(33-24-10-7-6-9-23(24)30(34)35)27-16-21-15-22(31)11-12-25(21)38-27/h5-7,9-18H,1,8H2,2-4H3. The summed E-state index contributed by atoms with van der Waals surface area (Å²) >= 11 is 3.49. The third kappa shape index (κ3) is 4.99. The van der Waals surface area contributed by atoms with E-state index in [1.807, 2.05) is 56.3 Å². The Kier molecular flexibility index (Phi) is 7.15. The number of furan rings is 1. The summed E-state index contributed by atoms with van der Waals surface area (Å²) in [5, 5.41) is 5.92. The molecule has 0 spiro atoms. The van der Waals surface area contributed by atoms with Crippen LogP contribution in [0.4, 0.5) is 0 Å². The van der Waals surface area contributed by atoms with Gasteiger partial charge in [0, 0.05) is 15.4 Å². The minimum absolute atomic E-state index is 0.0266. The number of hydrogen-bond acceptors (Lipinski definition) is 6. The molecule has 0 unspecified atom stereocenters. The maximum Gasteiger partial charge on any atom is 0.282 e. The number of aromatic nitrogens is 2. The van der Waals surface area contributed by atoms with Crippen LogP contribution in [0.1, 0.15) is 25.0 Å². The highest BCUT2D eigenvalue weighted by Gasteiger charge is 2.17. The van der Waals surface area contributed by atoms with Crippen molar-refractivity contribution in [2.24, 2.45) is 5.10 Å². The van der Waals surface area contributed by atoms with Crippen LogP contribution in [0, 0.1) is 0 Å². The van der Waals surface area contributed by atoms with Crippen molar-refractivity contribution in [2.75, 3.05) is 7.11 Å². The predicted octanol–water partition coefficient (Wildman–Crippen LogP) is 6.98. The van der Waals surface area contributed by atoms with Gasteiger partial charge in [0.2, 0.25) is 5.82 Å². The zero-order valence-corrected chi connectivity index (χ0v) is 22.9. The SMILES string of the molecule is C=CCc1cc(C=Nn2c(-c3cc4cc(Br)ccc4o3)nc3ccccc3c2=O)cc(OC)c1OC(C)C. The highest BCUT2D eigenvalue weighted by atomic mass is 79.9. The van der Waals surface area contributed by atoms with Gasteiger partial charge in [0.05, 0.1) is 30.3 Å². The molecule has 38 heavy (non-hydrogen) atoms. The topological polar surface area (TPSA) is 78.9 Å². The van der Waals surface area contributed by atoms with Crippen LogP contribution >= 0.6 is 15.9 Å². The zero-order chi connectivity index (χ0) is 26.8. The Balaban J connectivity index is 1.67. The highest BCUT2D eigenvalue weighted by Crippen LogP contribution is 2.34. The van der Waals surface area contributed by atoms with Gasteiger partial charge in [0.25, 0.3) is 5.56 Å². The number of methoxy groups -OCH3 is 1. The van der Waals surface area contributed by atoms with Gasteiger partial charge in [0.1, 0.15) is 5.58 Å². The minimum atomic E-state index is -0.304. The Bertz CT molecular complexity index is 1750. The average Bonchev–Trinajstić information content (AvgIpc) is 3.32.